The third-order valence-corrected chi connectivity index (χ3v) is 4.57. The van der Waals surface area contributed by atoms with Crippen molar-refractivity contribution in [3.8, 4) is 0 Å². The van der Waals surface area contributed by atoms with Gasteiger partial charge in [-0.3, -0.25) is 9.48 Å². The number of aryl methyl sites for hydroxylation is 1. The number of fused-ring (bicyclic) bond motifs is 1. The Kier molecular flexibility index (Phi) is 4.91. The Morgan fingerprint density at radius 1 is 1.57 bits per heavy atom. The highest BCUT2D eigenvalue weighted by Gasteiger charge is 2.33. The van der Waals surface area contributed by atoms with E-state index in [-0.39, 0.29) is 11.8 Å². The lowest BCUT2D eigenvalue weighted by atomic mass is 9.97. The van der Waals surface area contributed by atoms with E-state index in [9.17, 15) is 4.79 Å². The molecule has 0 unspecified atom stereocenters. The smallest absolute Gasteiger partial charge is 0.223 e. The van der Waals surface area contributed by atoms with Crippen LogP contribution in [0.4, 0.5) is 0 Å². The standard InChI is InChI=1S/C17H24N4O2/c1-3-8-23-12-14-10-21(11-15-17(14)20(2)19-18-15)16(22)9-13-6-4-5-7-13/h3-4,6,13-14H,1,5,7-12H2,2H3/t13-,14+/m0/s1. The third-order valence-electron chi connectivity index (χ3n) is 4.57. The van der Waals surface area contributed by atoms with Crippen LogP contribution in [0.5, 0.6) is 0 Å². The number of aromatic nitrogens is 3. The van der Waals surface area contributed by atoms with Crippen LogP contribution in [-0.4, -0.2) is 45.6 Å². The van der Waals surface area contributed by atoms with Gasteiger partial charge in [0.25, 0.3) is 0 Å². The highest BCUT2D eigenvalue weighted by Crippen LogP contribution is 2.29. The molecule has 0 spiro atoms. The number of carbonyl (C=O) groups excluding carboxylic acids is 1. The molecular weight excluding hydrogens is 292 g/mol. The molecule has 0 bridgehead atoms. The maximum absolute atomic E-state index is 12.6. The van der Waals surface area contributed by atoms with E-state index in [1.165, 1.54) is 0 Å². The first-order chi connectivity index (χ1) is 11.2. The van der Waals surface area contributed by atoms with E-state index in [0.717, 1.165) is 24.2 Å². The fourth-order valence-corrected chi connectivity index (χ4v) is 3.45. The predicted molar refractivity (Wildman–Crippen MR) is 86.7 cm³/mol. The number of carbonyl (C=O) groups is 1. The van der Waals surface area contributed by atoms with Gasteiger partial charge in [-0.25, -0.2) is 0 Å². The second-order valence-corrected chi connectivity index (χ2v) is 6.31. The number of hydrogen-bond acceptors (Lipinski definition) is 4. The molecule has 1 aromatic heterocycles. The summed E-state index contributed by atoms with van der Waals surface area (Å²) in [5, 5.41) is 8.34. The average molecular weight is 316 g/mol. The Labute approximate surface area is 136 Å². The van der Waals surface area contributed by atoms with Gasteiger partial charge in [-0.05, 0) is 18.8 Å². The quantitative estimate of drug-likeness (QED) is 0.593. The minimum Gasteiger partial charge on any atom is -0.377 e. The highest BCUT2D eigenvalue weighted by atomic mass is 16.5. The van der Waals surface area contributed by atoms with Crippen molar-refractivity contribution in [2.75, 3.05) is 19.8 Å². The van der Waals surface area contributed by atoms with Crippen LogP contribution >= 0.6 is 0 Å². The molecule has 6 heteroatoms. The molecule has 1 aliphatic carbocycles. The lowest BCUT2D eigenvalue weighted by Gasteiger charge is -2.32. The Morgan fingerprint density at radius 2 is 2.43 bits per heavy atom. The van der Waals surface area contributed by atoms with Crippen LogP contribution in [0.2, 0.25) is 0 Å². The van der Waals surface area contributed by atoms with E-state index >= 15 is 0 Å². The first kappa shape index (κ1) is 15.9. The maximum Gasteiger partial charge on any atom is 0.223 e. The molecule has 23 heavy (non-hydrogen) atoms. The van der Waals surface area contributed by atoms with Gasteiger partial charge in [-0.1, -0.05) is 23.4 Å². The topological polar surface area (TPSA) is 60.2 Å². The summed E-state index contributed by atoms with van der Waals surface area (Å²) < 4.78 is 7.43. The summed E-state index contributed by atoms with van der Waals surface area (Å²) in [6.07, 6.45) is 8.83. The molecule has 2 heterocycles. The van der Waals surface area contributed by atoms with Crippen LogP contribution in [0, 0.1) is 5.92 Å². The molecule has 124 valence electrons. The summed E-state index contributed by atoms with van der Waals surface area (Å²) in [5.41, 5.74) is 1.97. The van der Waals surface area contributed by atoms with Crippen molar-refractivity contribution in [1.29, 1.82) is 0 Å². The molecular formula is C17H24N4O2. The summed E-state index contributed by atoms with van der Waals surface area (Å²) in [5.74, 6) is 0.703. The van der Waals surface area contributed by atoms with Crippen molar-refractivity contribution in [1.82, 2.24) is 19.9 Å². The molecule has 0 saturated carbocycles. The minimum absolute atomic E-state index is 0.113. The summed E-state index contributed by atoms with van der Waals surface area (Å²) >= 11 is 0. The molecule has 1 aromatic rings. The molecule has 1 amide bonds. The molecule has 0 N–H and O–H groups in total. The molecule has 0 saturated heterocycles. The minimum atomic E-state index is 0.113. The van der Waals surface area contributed by atoms with E-state index in [4.69, 9.17) is 4.74 Å². The summed E-state index contributed by atoms with van der Waals surface area (Å²) in [6, 6.07) is 0. The summed E-state index contributed by atoms with van der Waals surface area (Å²) in [4.78, 5) is 14.5. The van der Waals surface area contributed by atoms with Crippen LogP contribution < -0.4 is 0 Å². The van der Waals surface area contributed by atoms with Crippen LogP contribution in [0.1, 0.15) is 36.6 Å². The monoisotopic (exact) mass is 316 g/mol. The van der Waals surface area contributed by atoms with Crippen molar-refractivity contribution in [3.63, 3.8) is 0 Å². The summed E-state index contributed by atoms with van der Waals surface area (Å²) in [7, 11) is 1.90. The van der Waals surface area contributed by atoms with Crippen molar-refractivity contribution in [2.45, 2.75) is 31.7 Å². The molecule has 2 atom stereocenters. The van der Waals surface area contributed by atoms with Crippen molar-refractivity contribution in [3.05, 3.63) is 36.2 Å². The Balaban J connectivity index is 1.70. The van der Waals surface area contributed by atoms with Crippen LogP contribution in [0.15, 0.2) is 24.8 Å². The number of amides is 1. The van der Waals surface area contributed by atoms with E-state index in [2.05, 4.69) is 29.0 Å². The zero-order valence-corrected chi connectivity index (χ0v) is 13.6. The van der Waals surface area contributed by atoms with Gasteiger partial charge in [-0.2, -0.15) is 0 Å². The van der Waals surface area contributed by atoms with E-state index < -0.39 is 0 Å². The first-order valence-corrected chi connectivity index (χ1v) is 8.20. The second kappa shape index (κ2) is 7.08. The van der Waals surface area contributed by atoms with Crippen LogP contribution in [-0.2, 0) is 23.1 Å². The van der Waals surface area contributed by atoms with Gasteiger partial charge >= 0.3 is 0 Å². The molecule has 0 radical (unpaired) electrons. The Bertz CT molecular complexity index is 608. The third kappa shape index (κ3) is 3.52. The normalized spacial score (nSPS) is 23.1. The number of allylic oxidation sites excluding steroid dienone is 2. The lowest BCUT2D eigenvalue weighted by Crippen LogP contribution is -2.40. The van der Waals surface area contributed by atoms with Crippen molar-refractivity contribution >= 4 is 5.91 Å². The predicted octanol–water partition coefficient (Wildman–Crippen LogP) is 1.80. The van der Waals surface area contributed by atoms with Crippen molar-refractivity contribution in [2.24, 2.45) is 13.0 Å². The molecule has 1 aliphatic heterocycles. The van der Waals surface area contributed by atoms with Gasteiger partial charge in [0.15, 0.2) is 0 Å². The van der Waals surface area contributed by atoms with Crippen LogP contribution in [0.25, 0.3) is 0 Å². The first-order valence-electron chi connectivity index (χ1n) is 8.20. The number of rotatable bonds is 6. The number of nitrogens with zero attached hydrogens (tertiary/aromatic N) is 4. The Morgan fingerprint density at radius 3 is 3.17 bits per heavy atom. The fraction of sp³-hybridized carbons (Fsp3) is 0.588. The van der Waals surface area contributed by atoms with Gasteiger partial charge < -0.3 is 9.64 Å². The average Bonchev–Trinajstić information content (AvgIpc) is 3.17. The van der Waals surface area contributed by atoms with Gasteiger partial charge in [0, 0.05) is 25.9 Å². The van der Waals surface area contributed by atoms with E-state index in [0.29, 0.717) is 38.6 Å². The largest absolute Gasteiger partial charge is 0.377 e. The number of ether oxygens (including phenoxy) is 1. The lowest BCUT2D eigenvalue weighted by molar-refractivity contribution is -0.133. The van der Waals surface area contributed by atoms with Gasteiger partial charge in [0.2, 0.25) is 5.91 Å². The van der Waals surface area contributed by atoms with E-state index in [1.54, 1.807) is 10.8 Å². The zero-order valence-electron chi connectivity index (χ0n) is 13.6. The SMILES string of the molecule is C=CCOC[C@H]1CN(C(=O)C[C@H]2C=CCC2)Cc2nnn(C)c21. The van der Waals surface area contributed by atoms with Gasteiger partial charge in [0.1, 0.15) is 5.69 Å². The molecule has 3 rings (SSSR count). The molecule has 0 fully saturated rings. The highest BCUT2D eigenvalue weighted by molar-refractivity contribution is 5.77. The number of hydrogen-bond donors (Lipinski definition) is 0. The molecule has 2 aliphatic rings. The zero-order chi connectivity index (χ0) is 16.2. The Hall–Kier alpha value is -1.95. The van der Waals surface area contributed by atoms with Crippen LogP contribution in [0.3, 0.4) is 0 Å². The van der Waals surface area contributed by atoms with Gasteiger partial charge in [-0.15, -0.1) is 11.7 Å². The van der Waals surface area contributed by atoms with Crippen molar-refractivity contribution < 1.29 is 9.53 Å². The fourth-order valence-electron chi connectivity index (χ4n) is 3.45. The summed E-state index contributed by atoms with van der Waals surface area (Å²) in [6.45, 7) is 5.95. The maximum atomic E-state index is 12.6. The second-order valence-electron chi connectivity index (χ2n) is 6.31. The molecule has 6 nitrogen and oxygen atoms in total. The molecule has 0 aromatic carbocycles. The van der Waals surface area contributed by atoms with Gasteiger partial charge in [0.05, 0.1) is 25.5 Å². The van der Waals surface area contributed by atoms with E-state index in [1.807, 2.05) is 11.9 Å².